The number of fused-ring (bicyclic) bond motifs is 1. The van der Waals surface area contributed by atoms with E-state index in [0.29, 0.717) is 36.4 Å². The maximum Gasteiger partial charge on any atom is 0.293 e. The Balaban J connectivity index is 0.000000614. The van der Waals surface area contributed by atoms with Gasteiger partial charge in [-0.3, -0.25) is 4.79 Å². The molecular weight excluding hydrogens is 397 g/mol. The highest BCUT2D eigenvalue weighted by atomic mass is 19.1. The number of aromatic nitrogens is 1. The number of carbonyl (C=O) groups excluding carboxylic acids is 1. The van der Waals surface area contributed by atoms with Crippen molar-refractivity contribution >= 4 is 23.1 Å². The van der Waals surface area contributed by atoms with Crippen LogP contribution in [0.4, 0.5) is 10.1 Å². The molecule has 0 amide bonds. The Morgan fingerprint density at radius 1 is 1.23 bits per heavy atom. The van der Waals surface area contributed by atoms with Crippen molar-refractivity contribution in [2.45, 2.75) is 40.3 Å². The molecule has 2 aromatic carbocycles. The highest BCUT2D eigenvalue weighted by Crippen LogP contribution is 2.37. The van der Waals surface area contributed by atoms with Crippen LogP contribution in [0.25, 0.3) is 22.2 Å². The zero-order valence-electron chi connectivity index (χ0n) is 18.5. The first-order valence-electron chi connectivity index (χ1n) is 10.2. The summed E-state index contributed by atoms with van der Waals surface area (Å²) in [5.74, 6) is 0.386. The van der Waals surface area contributed by atoms with Crippen molar-refractivity contribution in [3.8, 4) is 23.1 Å². The van der Waals surface area contributed by atoms with Crippen molar-refractivity contribution in [1.82, 2.24) is 4.57 Å². The lowest BCUT2D eigenvalue weighted by Gasteiger charge is -2.12. The molecule has 0 aliphatic rings. The van der Waals surface area contributed by atoms with Gasteiger partial charge in [-0.05, 0) is 58.0 Å². The minimum absolute atomic E-state index is 0.0529. The summed E-state index contributed by atoms with van der Waals surface area (Å²) < 4.78 is 26.5. The molecule has 0 saturated heterocycles. The number of anilines is 1. The van der Waals surface area contributed by atoms with Crippen LogP contribution in [0.3, 0.4) is 0 Å². The Morgan fingerprint density at radius 2 is 1.97 bits per heavy atom. The lowest BCUT2D eigenvalue weighted by atomic mass is 10.0. The summed E-state index contributed by atoms with van der Waals surface area (Å²) >= 11 is 0. The number of nitrogens with zero attached hydrogens (tertiary/aromatic N) is 2. The maximum atomic E-state index is 14.6. The second-order valence-electron chi connectivity index (χ2n) is 6.92. The molecular formula is C24H28FN3O3. The fraction of sp³-hybridized carbons (Fsp3) is 0.333. The zero-order valence-corrected chi connectivity index (χ0v) is 18.5. The van der Waals surface area contributed by atoms with E-state index in [9.17, 15) is 14.4 Å². The molecule has 1 aromatic heterocycles. The van der Waals surface area contributed by atoms with Crippen molar-refractivity contribution in [2.24, 2.45) is 0 Å². The molecule has 3 aromatic rings. The predicted molar refractivity (Wildman–Crippen MR) is 121 cm³/mol. The molecule has 6 nitrogen and oxygen atoms in total. The molecule has 0 aliphatic heterocycles. The van der Waals surface area contributed by atoms with Crippen LogP contribution in [0.2, 0.25) is 0 Å². The van der Waals surface area contributed by atoms with Crippen LogP contribution in [-0.2, 0) is 16.1 Å². The Morgan fingerprint density at radius 3 is 2.48 bits per heavy atom. The van der Waals surface area contributed by atoms with Gasteiger partial charge in [-0.1, -0.05) is 0 Å². The van der Waals surface area contributed by atoms with Crippen molar-refractivity contribution in [3.05, 3.63) is 47.8 Å². The third-order valence-electron chi connectivity index (χ3n) is 4.58. The Labute approximate surface area is 182 Å². The van der Waals surface area contributed by atoms with Crippen molar-refractivity contribution in [2.75, 3.05) is 19.0 Å². The van der Waals surface area contributed by atoms with E-state index in [-0.39, 0.29) is 11.9 Å². The van der Waals surface area contributed by atoms with E-state index in [1.807, 2.05) is 43.5 Å². The van der Waals surface area contributed by atoms with Gasteiger partial charge in [0.25, 0.3) is 6.47 Å². The number of benzene rings is 2. The number of aryl methyl sites for hydroxylation is 1. The van der Waals surface area contributed by atoms with E-state index in [4.69, 9.17) is 4.74 Å². The smallest absolute Gasteiger partial charge is 0.293 e. The summed E-state index contributed by atoms with van der Waals surface area (Å²) in [6, 6.07) is 12.8. The quantitative estimate of drug-likeness (QED) is 0.517. The Hall–Kier alpha value is -3.53. The zero-order chi connectivity index (χ0) is 23.0. The summed E-state index contributed by atoms with van der Waals surface area (Å²) in [6.07, 6.45) is 0.0529. The van der Waals surface area contributed by atoms with Crippen molar-refractivity contribution in [1.29, 1.82) is 5.26 Å². The van der Waals surface area contributed by atoms with Gasteiger partial charge in [0, 0.05) is 36.3 Å². The van der Waals surface area contributed by atoms with Gasteiger partial charge in [0.05, 0.1) is 29.5 Å². The molecule has 1 N–H and O–H groups in total. The first-order valence-corrected chi connectivity index (χ1v) is 10.2. The van der Waals surface area contributed by atoms with E-state index in [0.717, 1.165) is 22.3 Å². The van der Waals surface area contributed by atoms with E-state index >= 15 is 0 Å². The van der Waals surface area contributed by atoms with Gasteiger partial charge >= 0.3 is 0 Å². The number of nitrogens with one attached hydrogen (secondary N) is 1. The molecule has 7 heteroatoms. The molecule has 3 rings (SSSR count). The third kappa shape index (κ3) is 5.34. The summed E-state index contributed by atoms with van der Waals surface area (Å²) in [5, 5.41) is 13.6. The van der Waals surface area contributed by atoms with Crippen LogP contribution in [0, 0.1) is 17.1 Å². The molecule has 164 valence electrons. The number of hydrogen-bond donors (Lipinski definition) is 1. The molecule has 0 unspecified atom stereocenters. The van der Waals surface area contributed by atoms with Crippen LogP contribution < -0.4 is 10.1 Å². The average Bonchev–Trinajstić information content (AvgIpc) is 3.07. The lowest BCUT2D eigenvalue weighted by molar-refractivity contribution is -0.128. The predicted octanol–water partition coefficient (Wildman–Crippen LogP) is 5.35. The highest BCUT2D eigenvalue weighted by molar-refractivity contribution is 5.95. The van der Waals surface area contributed by atoms with Crippen LogP contribution in [0.5, 0.6) is 5.75 Å². The number of carbonyl (C=O) groups is 1. The number of hydrogen-bond acceptors (Lipinski definition) is 5. The molecule has 1 heterocycles. The lowest BCUT2D eigenvalue weighted by Crippen LogP contribution is -2.05. The fourth-order valence-electron chi connectivity index (χ4n) is 3.33. The van der Waals surface area contributed by atoms with Crippen molar-refractivity contribution in [3.63, 3.8) is 0 Å². The molecule has 0 atom stereocenters. The molecule has 0 aliphatic carbocycles. The summed E-state index contributed by atoms with van der Waals surface area (Å²) in [5.41, 5.74) is 3.15. The van der Waals surface area contributed by atoms with Gasteiger partial charge < -0.3 is 19.4 Å². The number of halogens is 1. The molecule has 0 saturated carbocycles. The van der Waals surface area contributed by atoms with Crippen LogP contribution in [0.1, 0.15) is 33.3 Å². The van der Waals surface area contributed by atoms with Gasteiger partial charge in [-0.15, -0.1) is 0 Å². The second-order valence-corrected chi connectivity index (χ2v) is 6.92. The van der Waals surface area contributed by atoms with Gasteiger partial charge in [0.1, 0.15) is 17.6 Å². The first-order chi connectivity index (χ1) is 14.9. The molecule has 0 spiro atoms. The number of ether oxygens (including phenoxy) is 2. The Kier molecular flexibility index (Phi) is 8.44. The number of nitriles is 1. The summed E-state index contributed by atoms with van der Waals surface area (Å²) in [4.78, 5) is 9.18. The van der Waals surface area contributed by atoms with Gasteiger partial charge in [-0.25, -0.2) is 4.39 Å². The summed E-state index contributed by atoms with van der Waals surface area (Å²) in [7, 11) is 1.78. The first kappa shape index (κ1) is 23.7. The summed E-state index contributed by atoms with van der Waals surface area (Å²) in [6.45, 7) is 9.20. The second kappa shape index (κ2) is 11.0. The van der Waals surface area contributed by atoms with Crippen LogP contribution in [0.15, 0.2) is 36.4 Å². The van der Waals surface area contributed by atoms with E-state index in [1.165, 1.54) is 6.07 Å². The monoisotopic (exact) mass is 425 g/mol. The molecule has 31 heavy (non-hydrogen) atoms. The normalized spacial score (nSPS) is 10.3. The highest BCUT2D eigenvalue weighted by Gasteiger charge is 2.21. The molecule has 0 radical (unpaired) electrons. The van der Waals surface area contributed by atoms with E-state index < -0.39 is 0 Å². The number of rotatable bonds is 7. The van der Waals surface area contributed by atoms with E-state index in [2.05, 4.69) is 16.1 Å². The third-order valence-corrected chi connectivity index (χ3v) is 4.58. The molecule has 0 bridgehead atoms. The fourth-order valence-corrected chi connectivity index (χ4v) is 3.33. The maximum absolute atomic E-state index is 14.6. The largest absolute Gasteiger partial charge is 0.491 e. The van der Waals surface area contributed by atoms with Gasteiger partial charge in [0.15, 0.2) is 0 Å². The van der Waals surface area contributed by atoms with Gasteiger partial charge in [0.2, 0.25) is 0 Å². The average molecular weight is 426 g/mol. The van der Waals surface area contributed by atoms with E-state index in [1.54, 1.807) is 26.1 Å². The standard InChI is InChI=1S/C21H22FN3O.C3H6O2/c1-5-25-20-11-15(26-13(2)3)7-8-16(20)18(12-23)21(25)17-10-14(24-4)6-9-19(17)22;1-2-5-3-4/h6-11,13,24H,5H2,1-4H3;3H,2H2,1H3. The minimum Gasteiger partial charge on any atom is -0.491 e. The van der Waals surface area contributed by atoms with Crippen LogP contribution in [-0.4, -0.2) is 30.8 Å². The Bertz CT molecular complexity index is 1080. The topological polar surface area (TPSA) is 76.3 Å². The van der Waals surface area contributed by atoms with Crippen LogP contribution >= 0.6 is 0 Å². The van der Waals surface area contributed by atoms with Gasteiger partial charge in [-0.2, -0.15) is 5.26 Å². The minimum atomic E-state index is -0.350. The molecule has 0 fully saturated rings. The van der Waals surface area contributed by atoms with Crippen molar-refractivity contribution < 1.29 is 18.7 Å². The SMILES string of the molecule is CCOC=O.CCn1c(-c2cc(NC)ccc2F)c(C#N)c2ccc(OC(C)C)cc21.